The van der Waals surface area contributed by atoms with Gasteiger partial charge in [-0.15, -0.1) is 12.4 Å². The maximum absolute atomic E-state index is 12.9. The first-order chi connectivity index (χ1) is 10.6. The second kappa shape index (κ2) is 7.73. The Morgan fingerprint density at radius 3 is 2.87 bits per heavy atom. The lowest BCUT2D eigenvalue weighted by Gasteiger charge is -2.38. The van der Waals surface area contributed by atoms with Crippen LogP contribution in [0.3, 0.4) is 0 Å². The lowest BCUT2D eigenvalue weighted by molar-refractivity contribution is 0.0572. The van der Waals surface area contributed by atoms with Crippen molar-refractivity contribution >= 4 is 34.2 Å². The van der Waals surface area contributed by atoms with Crippen molar-refractivity contribution in [2.45, 2.75) is 25.8 Å². The molecule has 2 N–H and O–H groups in total. The quantitative estimate of drug-likeness (QED) is 0.822. The van der Waals surface area contributed by atoms with Crippen LogP contribution in [0.1, 0.15) is 30.1 Å². The standard InChI is InChI=1S/C16H21BrN2O3.ClH/c1-10-2-3-19(12(6-10)9-18)16(20)11-7-13(17)15-14(8-11)21-4-5-22-15;/h7-8,10,12H,2-6,9,18H2,1H3;1H. The molecule has 1 saturated heterocycles. The summed E-state index contributed by atoms with van der Waals surface area (Å²) in [7, 11) is 0. The van der Waals surface area contributed by atoms with E-state index >= 15 is 0 Å². The molecule has 2 aliphatic rings. The third kappa shape index (κ3) is 3.75. The Hall–Kier alpha value is -0.980. The molecule has 5 nitrogen and oxygen atoms in total. The minimum absolute atomic E-state index is 0. The van der Waals surface area contributed by atoms with Crippen LogP contribution < -0.4 is 15.2 Å². The van der Waals surface area contributed by atoms with Crippen LogP contribution in [0.15, 0.2) is 16.6 Å². The molecule has 23 heavy (non-hydrogen) atoms. The zero-order chi connectivity index (χ0) is 15.7. The van der Waals surface area contributed by atoms with Crippen LogP contribution in [-0.4, -0.2) is 43.2 Å². The highest BCUT2D eigenvalue weighted by Crippen LogP contribution is 2.39. The minimum Gasteiger partial charge on any atom is -0.486 e. The Morgan fingerprint density at radius 2 is 2.13 bits per heavy atom. The van der Waals surface area contributed by atoms with Gasteiger partial charge in [0.2, 0.25) is 0 Å². The summed E-state index contributed by atoms with van der Waals surface area (Å²) in [5.74, 6) is 1.92. The SMILES string of the molecule is CC1CCN(C(=O)c2cc(Br)c3c(c2)OCCO3)C(CN)C1.Cl. The number of ether oxygens (including phenoxy) is 2. The molecule has 0 aromatic heterocycles. The van der Waals surface area contributed by atoms with Crippen LogP contribution in [0.5, 0.6) is 11.5 Å². The highest BCUT2D eigenvalue weighted by Gasteiger charge is 2.30. The first-order valence-electron chi connectivity index (χ1n) is 7.70. The molecule has 1 aromatic rings. The van der Waals surface area contributed by atoms with Gasteiger partial charge < -0.3 is 20.1 Å². The largest absolute Gasteiger partial charge is 0.486 e. The summed E-state index contributed by atoms with van der Waals surface area (Å²) in [6.45, 7) is 4.50. The molecule has 0 aliphatic carbocycles. The van der Waals surface area contributed by atoms with Crippen molar-refractivity contribution < 1.29 is 14.3 Å². The number of benzene rings is 1. The van der Waals surface area contributed by atoms with E-state index in [1.165, 1.54) is 0 Å². The lowest BCUT2D eigenvalue weighted by Crippen LogP contribution is -2.49. The number of hydrogen-bond acceptors (Lipinski definition) is 4. The molecule has 7 heteroatoms. The predicted octanol–water partition coefficient (Wildman–Crippen LogP) is 2.84. The van der Waals surface area contributed by atoms with E-state index in [1.54, 1.807) is 6.07 Å². The van der Waals surface area contributed by atoms with Crippen LogP contribution >= 0.6 is 28.3 Å². The average molecular weight is 406 g/mol. The second-order valence-corrected chi connectivity index (χ2v) is 6.85. The molecule has 1 amide bonds. The van der Waals surface area contributed by atoms with Gasteiger partial charge in [0.05, 0.1) is 4.47 Å². The van der Waals surface area contributed by atoms with E-state index in [1.807, 2.05) is 11.0 Å². The number of carbonyl (C=O) groups is 1. The highest BCUT2D eigenvalue weighted by atomic mass is 79.9. The number of rotatable bonds is 2. The molecule has 2 heterocycles. The third-order valence-corrected chi connectivity index (χ3v) is 4.94. The smallest absolute Gasteiger partial charge is 0.254 e. The molecule has 0 spiro atoms. The Labute approximate surface area is 151 Å². The van der Waals surface area contributed by atoms with Gasteiger partial charge in [0.25, 0.3) is 5.91 Å². The van der Waals surface area contributed by atoms with Crippen LogP contribution in [0, 0.1) is 5.92 Å². The van der Waals surface area contributed by atoms with Crippen LogP contribution in [0.25, 0.3) is 0 Å². The Bertz CT molecular complexity index is 585. The highest BCUT2D eigenvalue weighted by molar-refractivity contribution is 9.10. The van der Waals surface area contributed by atoms with E-state index in [0.29, 0.717) is 42.7 Å². The van der Waals surface area contributed by atoms with Gasteiger partial charge >= 0.3 is 0 Å². The molecular weight excluding hydrogens is 384 g/mol. The molecule has 0 radical (unpaired) electrons. The van der Waals surface area contributed by atoms with E-state index in [0.717, 1.165) is 23.9 Å². The van der Waals surface area contributed by atoms with E-state index in [2.05, 4.69) is 22.9 Å². The Morgan fingerprint density at radius 1 is 1.39 bits per heavy atom. The summed E-state index contributed by atoms with van der Waals surface area (Å²) in [5.41, 5.74) is 6.48. The number of amides is 1. The number of fused-ring (bicyclic) bond motifs is 1. The number of hydrogen-bond donors (Lipinski definition) is 1. The zero-order valence-electron chi connectivity index (χ0n) is 13.1. The van der Waals surface area contributed by atoms with Gasteiger partial charge in [-0.05, 0) is 46.8 Å². The number of carbonyl (C=O) groups excluding carboxylic acids is 1. The third-order valence-electron chi connectivity index (χ3n) is 4.35. The number of nitrogens with two attached hydrogens (primary N) is 1. The number of piperidine rings is 1. The van der Waals surface area contributed by atoms with Crippen molar-refractivity contribution in [2.75, 3.05) is 26.3 Å². The van der Waals surface area contributed by atoms with Gasteiger partial charge in [-0.2, -0.15) is 0 Å². The van der Waals surface area contributed by atoms with E-state index in [-0.39, 0.29) is 24.4 Å². The van der Waals surface area contributed by atoms with Gasteiger partial charge in [-0.1, -0.05) is 6.92 Å². The number of nitrogens with zero attached hydrogens (tertiary/aromatic N) is 1. The van der Waals surface area contributed by atoms with Crippen LogP contribution in [0.4, 0.5) is 0 Å². The Kier molecular flexibility index (Phi) is 6.17. The Balaban J connectivity index is 0.00000192. The van der Waals surface area contributed by atoms with Crippen molar-refractivity contribution in [3.8, 4) is 11.5 Å². The number of likely N-dealkylation sites (tertiary alicyclic amines) is 1. The molecule has 2 aliphatic heterocycles. The fourth-order valence-electron chi connectivity index (χ4n) is 3.14. The maximum Gasteiger partial charge on any atom is 0.254 e. The normalized spacial score (nSPS) is 23.2. The average Bonchev–Trinajstić information content (AvgIpc) is 2.54. The number of halogens is 2. The summed E-state index contributed by atoms with van der Waals surface area (Å²) in [6.07, 6.45) is 1.99. The molecule has 2 unspecified atom stereocenters. The molecule has 3 rings (SSSR count). The second-order valence-electron chi connectivity index (χ2n) is 6.00. The van der Waals surface area contributed by atoms with E-state index < -0.39 is 0 Å². The van der Waals surface area contributed by atoms with Crippen molar-refractivity contribution in [1.82, 2.24) is 4.90 Å². The topological polar surface area (TPSA) is 64.8 Å². The van der Waals surface area contributed by atoms with Gasteiger partial charge in [-0.3, -0.25) is 4.79 Å². The summed E-state index contributed by atoms with van der Waals surface area (Å²) < 4.78 is 11.9. The fourth-order valence-corrected chi connectivity index (χ4v) is 3.70. The van der Waals surface area contributed by atoms with Crippen LogP contribution in [0.2, 0.25) is 0 Å². The van der Waals surface area contributed by atoms with Gasteiger partial charge in [-0.25, -0.2) is 0 Å². The van der Waals surface area contributed by atoms with Crippen LogP contribution in [-0.2, 0) is 0 Å². The molecule has 2 atom stereocenters. The summed E-state index contributed by atoms with van der Waals surface area (Å²) in [4.78, 5) is 14.8. The summed E-state index contributed by atoms with van der Waals surface area (Å²) in [6, 6.07) is 3.69. The molecule has 128 valence electrons. The molecule has 1 aromatic carbocycles. The lowest BCUT2D eigenvalue weighted by atomic mass is 9.92. The van der Waals surface area contributed by atoms with E-state index in [9.17, 15) is 4.79 Å². The van der Waals surface area contributed by atoms with E-state index in [4.69, 9.17) is 15.2 Å². The van der Waals surface area contributed by atoms with Crippen molar-refractivity contribution in [2.24, 2.45) is 11.7 Å². The minimum atomic E-state index is 0. The predicted molar refractivity (Wildman–Crippen MR) is 94.7 cm³/mol. The van der Waals surface area contributed by atoms with Crippen molar-refractivity contribution in [3.63, 3.8) is 0 Å². The van der Waals surface area contributed by atoms with Crippen molar-refractivity contribution in [3.05, 3.63) is 22.2 Å². The zero-order valence-corrected chi connectivity index (χ0v) is 15.5. The summed E-state index contributed by atoms with van der Waals surface area (Å²) >= 11 is 3.47. The van der Waals surface area contributed by atoms with Gasteiger partial charge in [0.15, 0.2) is 11.5 Å². The summed E-state index contributed by atoms with van der Waals surface area (Å²) in [5, 5.41) is 0. The van der Waals surface area contributed by atoms with Crippen molar-refractivity contribution in [1.29, 1.82) is 0 Å². The van der Waals surface area contributed by atoms with Gasteiger partial charge in [0.1, 0.15) is 13.2 Å². The molecule has 0 saturated carbocycles. The first-order valence-corrected chi connectivity index (χ1v) is 8.49. The first kappa shape index (κ1) is 18.4. The van der Waals surface area contributed by atoms with Gasteiger partial charge in [0, 0.05) is 24.7 Å². The molecule has 0 bridgehead atoms. The maximum atomic E-state index is 12.9. The molecular formula is C16H22BrClN2O3. The monoisotopic (exact) mass is 404 g/mol. The fraction of sp³-hybridized carbons (Fsp3) is 0.562. The molecule has 1 fully saturated rings.